The van der Waals surface area contributed by atoms with E-state index in [9.17, 15) is 9.59 Å². The van der Waals surface area contributed by atoms with E-state index >= 15 is 0 Å². The summed E-state index contributed by atoms with van der Waals surface area (Å²) in [4.78, 5) is 22.9. The highest BCUT2D eigenvalue weighted by molar-refractivity contribution is 9.10. The minimum Gasteiger partial charge on any atom is -0.478 e. The normalized spacial score (nSPS) is 11.0. The molecule has 0 bridgehead atoms. The van der Waals surface area contributed by atoms with Gasteiger partial charge in [-0.05, 0) is 45.4 Å². The van der Waals surface area contributed by atoms with E-state index in [0.717, 1.165) is 0 Å². The molecule has 1 amide bonds. The second-order valence-electron chi connectivity index (χ2n) is 5.03. The molecule has 5 nitrogen and oxygen atoms in total. The molecular formula is C13H16BrNO4. The summed E-state index contributed by atoms with van der Waals surface area (Å²) in [6, 6.07) is 3.05. The van der Waals surface area contributed by atoms with Gasteiger partial charge in [-0.3, -0.25) is 5.32 Å². The highest BCUT2D eigenvalue weighted by Gasteiger charge is 2.20. The average molecular weight is 330 g/mol. The number of carboxylic acids is 1. The van der Waals surface area contributed by atoms with Gasteiger partial charge < -0.3 is 9.84 Å². The lowest BCUT2D eigenvalue weighted by atomic mass is 10.1. The summed E-state index contributed by atoms with van der Waals surface area (Å²) in [7, 11) is 0. The van der Waals surface area contributed by atoms with E-state index in [2.05, 4.69) is 21.2 Å². The fraction of sp³-hybridized carbons (Fsp3) is 0.385. The van der Waals surface area contributed by atoms with Crippen LogP contribution in [0.2, 0.25) is 0 Å². The molecule has 0 saturated heterocycles. The van der Waals surface area contributed by atoms with Crippen molar-refractivity contribution in [2.24, 2.45) is 0 Å². The van der Waals surface area contributed by atoms with Gasteiger partial charge in [0.05, 0.1) is 11.3 Å². The van der Waals surface area contributed by atoms with Gasteiger partial charge in [-0.25, -0.2) is 9.59 Å². The Morgan fingerprint density at radius 1 is 1.32 bits per heavy atom. The molecule has 0 aliphatic rings. The summed E-state index contributed by atoms with van der Waals surface area (Å²) in [5.41, 5.74) is 0.237. The quantitative estimate of drug-likeness (QED) is 0.865. The van der Waals surface area contributed by atoms with Crippen LogP contribution in [0.3, 0.4) is 0 Å². The molecule has 19 heavy (non-hydrogen) atoms. The van der Waals surface area contributed by atoms with E-state index in [1.54, 1.807) is 33.8 Å². The van der Waals surface area contributed by atoms with Crippen molar-refractivity contribution in [2.75, 3.05) is 5.32 Å². The number of carbonyl (C=O) groups is 2. The van der Waals surface area contributed by atoms with Crippen LogP contribution in [0, 0.1) is 6.92 Å². The molecule has 0 atom stereocenters. The van der Waals surface area contributed by atoms with Crippen LogP contribution < -0.4 is 5.32 Å². The average Bonchev–Trinajstić information content (AvgIpc) is 2.21. The molecule has 2 N–H and O–H groups in total. The molecule has 0 spiro atoms. The van der Waals surface area contributed by atoms with E-state index in [4.69, 9.17) is 9.84 Å². The van der Waals surface area contributed by atoms with Crippen LogP contribution in [0.25, 0.3) is 0 Å². The largest absolute Gasteiger partial charge is 0.478 e. The molecule has 0 aliphatic carbocycles. The van der Waals surface area contributed by atoms with Crippen molar-refractivity contribution in [3.05, 3.63) is 27.7 Å². The molecule has 1 rings (SSSR count). The number of aromatic carboxylic acids is 1. The molecule has 0 aliphatic heterocycles. The van der Waals surface area contributed by atoms with Crippen molar-refractivity contribution >= 4 is 33.7 Å². The second-order valence-corrected chi connectivity index (χ2v) is 5.88. The van der Waals surface area contributed by atoms with Gasteiger partial charge in [0.1, 0.15) is 5.60 Å². The van der Waals surface area contributed by atoms with Crippen molar-refractivity contribution in [2.45, 2.75) is 33.3 Å². The molecule has 0 radical (unpaired) electrons. The van der Waals surface area contributed by atoms with Gasteiger partial charge in [-0.15, -0.1) is 0 Å². The Bertz CT molecular complexity index is 520. The van der Waals surface area contributed by atoms with E-state index in [1.807, 2.05) is 0 Å². The predicted molar refractivity (Wildman–Crippen MR) is 75.7 cm³/mol. The number of anilines is 1. The zero-order valence-electron chi connectivity index (χ0n) is 11.2. The van der Waals surface area contributed by atoms with Crippen LogP contribution in [0.4, 0.5) is 10.5 Å². The zero-order chi connectivity index (χ0) is 14.8. The zero-order valence-corrected chi connectivity index (χ0v) is 12.8. The fourth-order valence-corrected chi connectivity index (χ4v) is 1.76. The lowest BCUT2D eigenvalue weighted by Crippen LogP contribution is -2.28. The van der Waals surface area contributed by atoms with E-state index in [0.29, 0.717) is 10.0 Å². The number of hydrogen-bond acceptors (Lipinski definition) is 3. The van der Waals surface area contributed by atoms with Crippen molar-refractivity contribution in [3.8, 4) is 0 Å². The van der Waals surface area contributed by atoms with Gasteiger partial charge in [-0.1, -0.05) is 15.9 Å². The molecule has 104 valence electrons. The number of carboxylic acid groups (broad SMARTS) is 1. The van der Waals surface area contributed by atoms with Gasteiger partial charge in [0.2, 0.25) is 0 Å². The van der Waals surface area contributed by atoms with Crippen molar-refractivity contribution in [1.82, 2.24) is 0 Å². The summed E-state index contributed by atoms with van der Waals surface area (Å²) in [5.74, 6) is -1.11. The third kappa shape index (κ3) is 4.24. The SMILES string of the molecule is Cc1c(Br)ccc(C(=O)O)c1NC(=O)OC(C)(C)C. The van der Waals surface area contributed by atoms with E-state index < -0.39 is 17.7 Å². The Morgan fingerprint density at radius 3 is 2.37 bits per heavy atom. The molecule has 0 heterocycles. The van der Waals surface area contributed by atoms with Crippen LogP contribution in [0.15, 0.2) is 16.6 Å². The standard InChI is InChI=1S/C13H16BrNO4/c1-7-9(14)6-5-8(11(16)17)10(7)15-12(18)19-13(2,3)4/h5-6H,1-4H3,(H,15,18)(H,16,17). The monoisotopic (exact) mass is 329 g/mol. The van der Waals surface area contributed by atoms with Crippen LogP contribution in [0.5, 0.6) is 0 Å². The molecule has 6 heteroatoms. The van der Waals surface area contributed by atoms with Crippen molar-refractivity contribution in [1.29, 1.82) is 0 Å². The number of ether oxygens (including phenoxy) is 1. The van der Waals surface area contributed by atoms with E-state index in [1.165, 1.54) is 6.07 Å². The fourth-order valence-electron chi connectivity index (χ4n) is 1.43. The number of rotatable bonds is 2. The van der Waals surface area contributed by atoms with Gasteiger partial charge >= 0.3 is 12.1 Å². The Morgan fingerprint density at radius 2 is 1.89 bits per heavy atom. The Hall–Kier alpha value is -1.56. The molecule has 1 aromatic carbocycles. The molecule has 0 unspecified atom stereocenters. The number of benzene rings is 1. The van der Waals surface area contributed by atoms with Gasteiger partial charge in [0, 0.05) is 4.47 Å². The maximum atomic E-state index is 11.7. The molecule has 0 saturated carbocycles. The first-order valence-electron chi connectivity index (χ1n) is 5.64. The maximum absolute atomic E-state index is 11.7. The van der Waals surface area contributed by atoms with Crippen LogP contribution >= 0.6 is 15.9 Å². The van der Waals surface area contributed by atoms with Crippen LogP contribution in [-0.4, -0.2) is 22.8 Å². The number of nitrogens with one attached hydrogen (secondary N) is 1. The first-order valence-corrected chi connectivity index (χ1v) is 6.43. The molecular weight excluding hydrogens is 314 g/mol. The summed E-state index contributed by atoms with van der Waals surface area (Å²) < 4.78 is 5.82. The third-order valence-corrected chi connectivity index (χ3v) is 3.11. The summed E-state index contributed by atoms with van der Waals surface area (Å²) in [6.07, 6.45) is -0.684. The van der Waals surface area contributed by atoms with E-state index in [-0.39, 0.29) is 11.3 Å². The van der Waals surface area contributed by atoms with Gasteiger partial charge in [0.25, 0.3) is 0 Å². The smallest absolute Gasteiger partial charge is 0.412 e. The Kier molecular flexibility index (Phi) is 4.57. The Balaban J connectivity index is 3.09. The second kappa shape index (κ2) is 5.61. The summed E-state index contributed by atoms with van der Waals surface area (Å²) >= 11 is 3.30. The van der Waals surface area contributed by atoms with Gasteiger partial charge in [-0.2, -0.15) is 0 Å². The number of halogens is 1. The first kappa shape index (κ1) is 15.5. The highest BCUT2D eigenvalue weighted by Crippen LogP contribution is 2.28. The number of amides is 1. The lowest BCUT2D eigenvalue weighted by Gasteiger charge is -2.21. The maximum Gasteiger partial charge on any atom is 0.412 e. The minimum absolute atomic E-state index is 0.0200. The summed E-state index contributed by atoms with van der Waals surface area (Å²) in [5, 5.41) is 11.6. The third-order valence-electron chi connectivity index (χ3n) is 2.26. The minimum atomic E-state index is -1.11. The van der Waals surface area contributed by atoms with Crippen molar-refractivity contribution in [3.63, 3.8) is 0 Å². The summed E-state index contributed by atoms with van der Waals surface area (Å²) in [6.45, 7) is 6.92. The topological polar surface area (TPSA) is 75.6 Å². The van der Waals surface area contributed by atoms with Gasteiger partial charge in [0.15, 0.2) is 0 Å². The highest BCUT2D eigenvalue weighted by atomic mass is 79.9. The number of carbonyl (C=O) groups excluding carboxylic acids is 1. The number of hydrogen-bond donors (Lipinski definition) is 2. The predicted octanol–water partition coefficient (Wildman–Crippen LogP) is 3.80. The molecule has 0 fully saturated rings. The van der Waals surface area contributed by atoms with Crippen molar-refractivity contribution < 1.29 is 19.4 Å². The lowest BCUT2D eigenvalue weighted by molar-refractivity contribution is 0.0636. The Labute approximate surface area is 120 Å². The molecule has 1 aromatic rings. The van der Waals surface area contributed by atoms with Crippen LogP contribution in [0.1, 0.15) is 36.7 Å². The van der Waals surface area contributed by atoms with Crippen LogP contribution in [-0.2, 0) is 4.74 Å². The molecule has 0 aromatic heterocycles. The first-order chi connectivity index (χ1) is 8.61.